The molecule has 1 aliphatic rings. The van der Waals surface area contributed by atoms with Gasteiger partial charge in [-0.1, -0.05) is 68.1 Å². The number of aromatic nitrogens is 1. The van der Waals surface area contributed by atoms with Crippen LogP contribution in [0.1, 0.15) is 77.3 Å². The number of carbonyl (C=O) groups is 2. The van der Waals surface area contributed by atoms with Crippen molar-refractivity contribution in [2.75, 3.05) is 11.9 Å². The second-order valence-electron chi connectivity index (χ2n) is 10.1. The van der Waals surface area contributed by atoms with Gasteiger partial charge in [0.15, 0.2) is 5.13 Å². The van der Waals surface area contributed by atoms with Crippen molar-refractivity contribution in [3.63, 3.8) is 0 Å². The first-order valence-electron chi connectivity index (χ1n) is 12.1. The summed E-state index contributed by atoms with van der Waals surface area (Å²) in [4.78, 5) is 31.1. The lowest BCUT2D eigenvalue weighted by Crippen LogP contribution is -2.45. The first-order chi connectivity index (χ1) is 16.0. The number of hydrogen-bond acceptors (Lipinski definition) is 5. The molecule has 2 amide bonds. The van der Waals surface area contributed by atoms with Gasteiger partial charge in [0.2, 0.25) is 0 Å². The Bertz CT molecular complexity index is 964. The third-order valence-electron chi connectivity index (χ3n) is 6.54. The van der Waals surface area contributed by atoms with E-state index in [1.165, 1.54) is 34.2 Å². The molecule has 0 radical (unpaired) electrons. The number of hydrogen-bond donors (Lipinski definition) is 2. The van der Waals surface area contributed by atoms with Crippen LogP contribution < -0.4 is 5.32 Å². The van der Waals surface area contributed by atoms with Crippen LogP contribution in [0.4, 0.5) is 9.93 Å². The lowest BCUT2D eigenvalue weighted by atomic mass is 9.86. The van der Waals surface area contributed by atoms with Crippen molar-refractivity contribution >= 4 is 40.2 Å². The smallest absolute Gasteiger partial charge is 0.323 e. The Hall–Kier alpha value is -2.06. The van der Waals surface area contributed by atoms with Crippen molar-refractivity contribution in [1.29, 1.82) is 0 Å². The van der Waals surface area contributed by atoms with E-state index in [9.17, 15) is 14.7 Å². The number of benzene rings is 1. The van der Waals surface area contributed by atoms with Gasteiger partial charge in [0.1, 0.15) is 4.75 Å². The third kappa shape index (κ3) is 7.22. The molecule has 0 unspecified atom stereocenters. The number of thiazole rings is 1. The zero-order chi connectivity index (χ0) is 24.9. The van der Waals surface area contributed by atoms with E-state index in [4.69, 9.17) is 0 Å². The Morgan fingerprint density at radius 2 is 1.85 bits per heavy atom. The van der Waals surface area contributed by atoms with Crippen LogP contribution in [-0.2, 0) is 11.2 Å². The molecule has 1 aliphatic carbocycles. The molecule has 1 heterocycles. The van der Waals surface area contributed by atoms with Crippen LogP contribution in [0.3, 0.4) is 0 Å². The summed E-state index contributed by atoms with van der Waals surface area (Å²) in [5.41, 5.74) is 2.55. The largest absolute Gasteiger partial charge is 0.480 e. The maximum absolute atomic E-state index is 13.3. The van der Waals surface area contributed by atoms with Crippen LogP contribution in [0.15, 0.2) is 34.7 Å². The van der Waals surface area contributed by atoms with Gasteiger partial charge in [-0.2, -0.15) is 0 Å². The van der Waals surface area contributed by atoms with Gasteiger partial charge in [-0.3, -0.25) is 10.1 Å². The minimum Gasteiger partial charge on any atom is -0.480 e. The number of carboxylic acids is 1. The summed E-state index contributed by atoms with van der Waals surface area (Å²) in [5.74, 6) is 0.333. The molecule has 2 N–H and O–H groups in total. The number of aliphatic carboxylic acids is 1. The number of thioether (sulfide) groups is 1. The monoisotopic (exact) mass is 503 g/mol. The van der Waals surface area contributed by atoms with E-state index in [2.05, 4.69) is 55.3 Å². The quantitative estimate of drug-likeness (QED) is 0.365. The predicted octanol–water partition coefficient (Wildman–Crippen LogP) is 6.88. The highest BCUT2D eigenvalue weighted by molar-refractivity contribution is 8.03. The van der Waals surface area contributed by atoms with E-state index < -0.39 is 10.7 Å². The molecule has 34 heavy (non-hydrogen) atoms. The molecule has 1 saturated carbocycles. The van der Waals surface area contributed by atoms with E-state index in [-0.39, 0.29) is 12.1 Å². The Morgan fingerprint density at radius 1 is 1.21 bits per heavy atom. The number of anilines is 1. The van der Waals surface area contributed by atoms with Crippen LogP contribution in [0.5, 0.6) is 0 Å². The number of urea groups is 1. The fraction of sp³-hybridized carbons (Fsp3) is 0.577. The van der Waals surface area contributed by atoms with E-state index in [1.807, 2.05) is 4.90 Å². The molecule has 0 atom stereocenters. The van der Waals surface area contributed by atoms with Crippen LogP contribution >= 0.6 is 23.1 Å². The standard InChI is InChI=1S/C26H37N3O3S2/c1-17(2)20-10-8-19(9-11-20)14-15-29(21-12-6-18(3)7-13-21)25(32)28-24-27-16-22(33-24)34-26(4,5)23(30)31/h8-11,16-18,21H,6-7,12-15H2,1-5H3,(H,30,31)(H,27,28,32). The molecule has 0 spiro atoms. The lowest BCUT2D eigenvalue weighted by Gasteiger charge is -2.36. The third-order valence-corrected chi connectivity index (χ3v) is 8.74. The minimum atomic E-state index is -0.955. The number of carbonyl (C=O) groups excluding carboxylic acids is 1. The SMILES string of the molecule is CC1CCC(N(CCc2ccc(C(C)C)cc2)C(=O)Nc2ncc(SC(C)(C)C(=O)O)s2)CC1. The molecule has 6 nitrogen and oxygen atoms in total. The number of amides is 2. The summed E-state index contributed by atoms with van der Waals surface area (Å²) in [7, 11) is 0. The summed E-state index contributed by atoms with van der Waals surface area (Å²) in [6, 6.07) is 8.80. The van der Waals surface area contributed by atoms with Gasteiger partial charge in [-0.25, -0.2) is 9.78 Å². The summed E-state index contributed by atoms with van der Waals surface area (Å²) in [6.45, 7) is 10.6. The maximum Gasteiger partial charge on any atom is 0.323 e. The second-order valence-corrected chi connectivity index (χ2v) is 13.0. The molecular formula is C26H37N3O3S2. The highest BCUT2D eigenvalue weighted by Gasteiger charge is 2.30. The van der Waals surface area contributed by atoms with Gasteiger partial charge in [0, 0.05) is 12.6 Å². The summed E-state index contributed by atoms with van der Waals surface area (Å²) in [5, 5.41) is 12.9. The first kappa shape index (κ1) is 26.5. The number of carboxylic acid groups (broad SMARTS) is 1. The van der Waals surface area contributed by atoms with Gasteiger partial charge in [0.05, 0.1) is 10.4 Å². The average molecular weight is 504 g/mol. The first-order valence-corrected chi connectivity index (χ1v) is 13.7. The molecule has 3 rings (SSSR count). The molecule has 1 fully saturated rings. The normalized spacial score (nSPS) is 18.6. The van der Waals surface area contributed by atoms with Crippen LogP contribution in [0.2, 0.25) is 0 Å². The summed E-state index contributed by atoms with van der Waals surface area (Å²) >= 11 is 2.56. The second kappa shape index (κ2) is 11.6. The van der Waals surface area contributed by atoms with Gasteiger partial charge in [0.25, 0.3) is 0 Å². The van der Waals surface area contributed by atoms with E-state index >= 15 is 0 Å². The molecule has 186 valence electrons. The Labute approximate surface area is 211 Å². The predicted molar refractivity (Wildman–Crippen MR) is 141 cm³/mol. The Morgan fingerprint density at radius 3 is 2.44 bits per heavy atom. The van der Waals surface area contributed by atoms with Gasteiger partial charge >= 0.3 is 12.0 Å². The van der Waals surface area contributed by atoms with Crippen molar-refractivity contribution < 1.29 is 14.7 Å². The Balaban J connectivity index is 1.68. The van der Waals surface area contributed by atoms with Crippen LogP contribution in [0, 0.1) is 5.92 Å². The van der Waals surface area contributed by atoms with E-state index in [1.54, 1.807) is 20.0 Å². The molecular weight excluding hydrogens is 466 g/mol. The van der Waals surface area contributed by atoms with Crippen molar-refractivity contribution in [1.82, 2.24) is 9.88 Å². The summed E-state index contributed by atoms with van der Waals surface area (Å²) < 4.78 is -0.185. The zero-order valence-electron chi connectivity index (χ0n) is 20.8. The number of nitrogens with one attached hydrogen (secondary N) is 1. The maximum atomic E-state index is 13.3. The molecule has 1 aromatic heterocycles. The molecule has 0 bridgehead atoms. The zero-order valence-corrected chi connectivity index (χ0v) is 22.5. The number of nitrogens with zero attached hydrogens (tertiary/aromatic N) is 2. The van der Waals surface area contributed by atoms with E-state index in [0.717, 1.165) is 36.3 Å². The minimum absolute atomic E-state index is 0.123. The molecule has 0 saturated heterocycles. The van der Waals surface area contributed by atoms with Gasteiger partial charge in [-0.05, 0) is 68.9 Å². The lowest BCUT2D eigenvalue weighted by molar-refractivity contribution is -0.138. The van der Waals surface area contributed by atoms with Crippen molar-refractivity contribution in [2.24, 2.45) is 5.92 Å². The van der Waals surface area contributed by atoms with Gasteiger partial charge in [-0.15, -0.1) is 0 Å². The van der Waals surface area contributed by atoms with Crippen LogP contribution in [-0.4, -0.2) is 44.3 Å². The fourth-order valence-electron chi connectivity index (χ4n) is 4.15. The van der Waals surface area contributed by atoms with Crippen molar-refractivity contribution in [2.45, 2.75) is 87.6 Å². The summed E-state index contributed by atoms with van der Waals surface area (Å²) in [6.07, 6.45) is 6.77. The highest BCUT2D eigenvalue weighted by Crippen LogP contribution is 2.37. The molecule has 1 aromatic carbocycles. The van der Waals surface area contributed by atoms with Gasteiger partial charge < -0.3 is 10.0 Å². The molecule has 0 aliphatic heterocycles. The fourth-order valence-corrected chi connectivity index (χ4v) is 6.41. The van der Waals surface area contributed by atoms with E-state index in [0.29, 0.717) is 23.5 Å². The van der Waals surface area contributed by atoms with Crippen molar-refractivity contribution in [3.05, 3.63) is 41.6 Å². The average Bonchev–Trinajstić information content (AvgIpc) is 3.21. The highest BCUT2D eigenvalue weighted by atomic mass is 32.2. The topological polar surface area (TPSA) is 82.5 Å². The van der Waals surface area contributed by atoms with Crippen LogP contribution in [0.25, 0.3) is 0 Å². The molecule has 2 aromatic rings. The number of rotatable bonds is 9. The molecule has 8 heteroatoms. The Kier molecular flexibility index (Phi) is 9.04. The van der Waals surface area contributed by atoms with Crippen molar-refractivity contribution in [3.8, 4) is 0 Å².